The monoisotopic (exact) mass is 240 g/mol. The number of halogens is 2. The summed E-state index contributed by atoms with van der Waals surface area (Å²) in [6.45, 7) is 2.52. The van der Waals surface area contributed by atoms with E-state index < -0.39 is 0 Å². The molecule has 0 atom stereocenters. The zero-order valence-electron chi connectivity index (χ0n) is 8.24. The lowest BCUT2D eigenvalue weighted by atomic mass is 10.3. The highest BCUT2D eigenvalue weighted by Gasteiger charge is 2.06. The third-order valence-electron chi connectivity index (χ3n) is 2.27. The molecule has 0 N–H and O–H groups in total. The number of allylic oxidation sites excluding steroid dienone is 1. The molecule has 0 aliphatic rings. The molecule has 0 aliphatic carbocycles. The Kier molecular flexibility index (Phi) is 2.98. The molecule has 4 heteroatoms. The first-order valence-corrected chi connectivity index (χ1v) is 5.40. The minimum absolute atomic E-state index is 0.567. The van der Waals surface area contributed by atoms with Crippen LogP contribution in [-0.4, -0.2) is 9.55 Å². The van der Waals surface area contributed by atoms with E-state index in [0.717, 1.165) is 16.9 Å². The summed E-state index contributed by atoms with van der Waals surface area (Å²) in [4.78, 5) is 4.43. The van der Waals surface area contributed by atoms with E-state index in [1.54, 1.807) is 0 Å². The van der Waals surface area contributed by atoms with Crippen molar-refractivity contribution in [2.75, 3.05) is 0 Å². The van der Waals surface area contributed by atoms with Crippen LogP contribution in [0.5, 0.6) is 0 Å². The van der Waals surface area contributed by atoms with Crippen molar-refractivity contribution >= 4 is 34.2 Å². The average molecular weight is 241 g/mol. The van der Waals surface area contributed by atoms with Crippen molar-refractivity contribution in [3.63, 3.8) is 0 Å². The largest absolute Gasteiger partial charge is 0.323 e. The van der Waals surface area contributed by atoms with Gasteiger partial charge in [0.2, 0.25) is 0 Å². The number of aromatic nitrogens is 2. The van der Waals surface area contributed by atoms with Gasteiger partial charge in [0.15, 0.2) is 0 Å². The smallest absolute Gasteiger partial charge is 0.107 e. The minimum Gasteiger partial charge on any atom is -0.323 e. The first-order valence-electron chi connectivity index (χ1n) is 4.59. The molecular formula is C11H10Cl2N2. The second-order valence-corrected chi connectivity index (χ2v) is 3.99. The van der Waals surface area contributed by atoms with Gasteiger partial charge in [-0.15, -0.1) is 0 Å². The predicted octanol–water partition coefficient (Wildman–Crippen LogP) is 3.66. The van der Waals surface area contributed by atoms with E-state index in [-0.39, 0.29) is 0 Å². The number of fused-ring (bicyclic) bond motifs is 1. The van der Waals surface area contributed by atoms with Crippen molar-refractivity contribution < 1.29 is 0 Å². The van der Waals surface area contributed by atoms with Crippen molar-refractivity contribution in [3.05, 3.63) is 40.7 Å². The van der Waals surface area contributed by atoms with E-state index in [4.69, 9.17) is 23.2 Å². The molecule has 0 bridgehead atoms. The predicted molar refractivity (Wildman–Crippen MR) is 64.3 cm³/mol. The number of nitrogens with zero attached hydrogens (tertiary/aromatic N) is 2. The Balaban J connectivity index is 2.54. The lowest BCUT2D eigenvalue weighted by molar-refractivity contribution is 0.798. The summed E-state index contributed by atoms with van der Waals surface area (Å²) in [5, 5.41) is 0.600. The molecule has 0 radical (unpaired) electrons. The van der Waals surface area contributed by atoms with Crippen LogP contribution in [0, 0.1) is 6.92 Å². The minimum atomic E-state index is 0.567. The first kappa shape index (κ1) is 10.5. The molecule has 78 valence electrons. The summed E-state index contributed by atoms with van der Waals surface area (Å²) in [5.74, 6) is 0.938. The highest BCUT2D eigenvalue weighted by molar-refractivity contribution is 6.36. The van der Waals surface area contributed by atoms with Gasteiger partial charge in [0.1, 0.15) is 5.82 Å². The second kappa shape index (κ2) is 4.25. The van der Waals surface area contributed by atoms with Crippen LogP contribution in [0.1, 0.15) is 5.82 Å². The fraction of sp³-hybridized carbons (Fsp3) is 0.182. The SMILES string of the molecule is Cc1nc2ccccc2n1CC(Cl)=CCl. The Hall–Kier alpha value is -0.990. The first-order chi connectivity index (χ1) is 7.22. The third-order valence-corrected chi connectivity index (χ3v) is 2.88. The van der Waals surface area contributed by atoms with Gasteiger partial charge in [0, 0.05) is 10.6 Å². The Morgan fingerprint density at radius 1 is 1.47 bits per heavy atom. The highest BCUT2D eigenvalue weighted by atomic mass is 35.5. The maximum Gasteiger partial charge on any atom is 0.107 e. The number of para-hydroxylation sites is 2. The van der Waals surface area contributed by atoms with Gasteiger partial charge in [-0.3, -0.25) is 0 Å². The van der Waals surface area contributed by atoms with Crippen LogP contribution in [0.25, 0.3) is 11.0 Å². The number of rotatable bonds is 2. The molecule has 0 unspecified atom stereocenters. The topological polar surface area (TPSA) is 17.8 Å². The maximum atomic E-state index is 5.91. The number of imidazole rings is 1. The number of hydrogen-bond acceptors (Lipinski definition) is 1. The van der Waals surface area contributed by atoms with E-state index in [0.29, 0.717) is 11.6 Å². The Labute approximate surface area is 98.1 Å². The molecule has 15 heavy (non-hydrogen) atoms. The van der Waals surface area contributed by atoms with Gasteiger partial charge in [0.05, 0.1) is 17.6 Å². The van der Waals surface area contributed by atoms with Gasteiger partial charge in [-0.25, -0.2) is 4.98 Å². The van der Waals surface area contributed by atoms with Crippen molar-refractivity contribution in [3.8, 4) is 0 Å². The lowest BCUT2D eigenvalue weighted by Crippen LogP contribution is -2.00. The molecule has 0 fully saturated rings. The van der Waals surface area contributed by atoms with E-state index in [1.165, 1.54) is 5.54 Å². The summed E-state index contributed by atoms with van der Waals surface area (Å²) < 4.78 is 2.04. The van der Waals surface area contributed by atoms with Crippen LogP contribution >= 0.6 is 23.2 Å². The molecule has 0 saturated heterocycles. The van der Waals surface area contributed by atoms with Gasteiger partial charge in [-0.2, -0.15) is 0 Å². The molecule has 1 heterocycles. The van der Waals surface area contributed by atoms with Crippen LogP contribution in [-0.2, 0) is 6.54 Å². The second-order valence-electron chi connectivity index (χ2n) is 3.29. The van der Waals surface area contributed by atoms with Crippen LogP contribution in [0.3, 0.4) is 0 Å². The van der Waals surface area contributed by atoms with Gasteiger partial charge in [0.25, 0.3) is 0 Å². The van der Waals surface area contributed by atoms with Gasteiger partial charge in [-0.1, -0.05) is 35.3 Å². The zero-order valence-corrected chi connectivity index (χ0v) is 9.76. The molecule has 0 saturated carbocycles. The Morgan fingerprint density at radius 2 is 2.20 bits per heavy atom. The third kappa shape index (κ3) is 2.01. The number of benzene rings is 1. The lowest BCUT2D eigenvalue weighted by Gasteiger charge is -2.04. The molecule has 2 nitrogen and oxygen atoms in total. The van der Waals surface area contributed by atoms with Crippen LogP contribution in [0.2, 0.25) is 0 Å². The van der Waals surface area contributed by atoms with Crippen LogP contribution in [0.4, 0.5) is 0 Å². The fourth-order valence-electron chi connectivity index (χ4n) is 1.58. The maximum absolute atomic E-state index is 5.91. The highest BCUT2D eigenvalue weighted by Crippen LogP contribution is 2.18. The quantitative estimate of drug-likeness (QED) is 0.784. The molecule has 0 amide bonds. The number of aryl methyl sites for hydroxylation is 1. The Morgan fingerprint density at radius 3 is 2.93 bits per heavy atom. The summed E-state index contributed by atoms with van der Waals surface area (Å²) in [6, 6.07) is 7.96. The van der Waals surface area contributed by atoms with E-state index >= 15 is 0 Å². The normalized spacial score (nSPS) is 12.3. The average Bonchev–Trinajstić information content (AvgIpc) is 2.55. The molecule has 2 rings (SSSR count). The zero-order chi connectivity index (χ0) is 10.8. The summed E-state index contributed by atoms with van der Waals surface area (Å²) in [5.41, 5.74) is 3.44. The molecule has 0 spiro atoms. The molecule has 2 aromatic rings. The van der Waals surface area contributed by atoms with Crippen molar-refractivity contribution in [1.29, 1.82) is 0 Å². The van der Waals surface area contributed by atoms with Crippen molar-refractivity contribution in [2.45, 2.75) is 13.5 Å². The summed E-state index contributed by atoms with van der Waals surface area (Å²) in [7, 11) is 0. The van der Waals surface area contributed by atoms with Gasteiger partial charge < -0.3 is 4.57 Å². The van der Waals surface area contributed by atoms with Gasteiger partial charge in [-0.05, 0) is 19.1 Å². The fourth-order valence-corrected chi connectivity index (χ4v) is 1.77. The number of hydrogen-bond donors (Lipinski definition) is 0. The van der Waals surface area contributed by atoms with Crippen molar-refractivity contribution in [1.82, 2.24) is 9.55 Å². The molecule has 1 aromatic carbocycles. The summed E-state index contributed by atoms with van der Waals surface area (Å²) in [6.07, 6.45) is 0. The standard InChI is InChI=1S/C11H10Cl2N2/c1-8-14-10-4-2-3-5-11(10)15(8)7-9(13)6-12/h2-6H,7H2,1H3. The van der Waals surface area contributed by atoms with E-state index in [1.807, 2.05) is 35.8 Å². The van der Waals surface area contributed by atoms with E-state index in [9.17, 15) is 0 Å². The Bertz CT molecular complexity index is 514. The molecular weight excluding hydrogens is 231 g/mol. The van der Waals surface area contributed by atoms with Gasteiger partial charge >= 0.3 is 0 Å². The van der Waals surface area contributed by atoms with E-state index in [2.05, 4.69) is 4.98 Å². The summed E-state index contributed by atoms with van der Waals surface area (Å²) >= 11 is 11.5. The van der Waals surface area contributed by atoms with Crippen LogP contribution < -0.4 is 0 Å². The van der Waals surface area contributed by atoms with Crippen LogP contribution in [0.15, 0.2) is 34.8 Å². The molecule has 1 aromatic heterocycles. The van der Waals surface area contributed by atoms with Crippen molar-refractivity contribution in [2.24, 2.45) is 0 Å². The molecule has 0 aliphatic heterocycles.